The zero-order valence-electron chi connectivity index (χ0n) is 24.3. The fraction of sp³-hybridized carbons (Fsp3) is 0.394. The Morgan fingerprint density at radius 3 is 2.15 bits per heavy atom. The molecule has 3 aromatic rings. The molecule has 0 heterocycles. The number of nitrogens with one attached hydrogen (secondary N) is 1. The molecule has 0 aliphatic heterocycles. The van der Waals surface area contributed by atoms with E-state index in [0.717, 1.165) is 42.4 Å². The lowest BCUT2D eigenvalue weighted by Crippen LogP contribution is -2.54. The third kappa shape index (κ3) is 7.55. The predicted octanol–water partition coefficient (Wildman–Crippen LogP) is 5.76. The van der Waals surface area contributed by atoms with E-state index in [9.17, 15) is 18.0 Å². The first-order chi connectivity index (χ1) is 19.7. The van der Waals surface area contributed by atoms with Crippen molar-refractivity contribution < 1.29 is 18.0 Å². The minimum atomic E-state index is -4.08. The predicted molar refractivity (Wildman–Crippen MR) is 163 cm³/mol. The molecule has 0 spiro atoms. The van der Waals surface area contributed by atoms with E-state index in [0.29, 0.717) is 12.1 Å². The third-order valence-electron chi connectivity index (χ3n) is 7.76. The normalized spacial score (nSPS) is 14.7. The van der Waals surface area contributed by atoms with Crippen molar-refractivity contribution in [3.63, 3.8) is 0 Å². The molecule has 0 unspecified atom stereocenters. The average Bonchev–Trinajstić information content (AvgIpc) is 2.97. The van der Waals surface area contributed by atoms with Gasteiger partial charge in [-0.3, -0.25) is 13.9 Å². The van der Waals surface area contributed by atoms with Crippen molar-refractivity contribution in [2.45, 2.75) is 82.8 Å². The van der Waals surface area contributed by atoms with E-state index >= 15 is 0 Å². The third-order valence-corrected chi connectivity index (χ3v) is 9.54. The van der Waals surface area contributed by atoms with Gasteiger partial charge in [-0.05, 0) is 62.4 Å². The van der Waals surface area contributed by atoms with E-state index in [1.54, 1.807) is 29.2 Å². The van der Waals surface area contributed by atoms with Gasteiger partial charge in [0.15, 0.2) is 0 Å². The number of amides is 2. The second kappa shape index (κ2) is 13.8. The molecule has 2 amide bonds. The SMILES string of the molecule is CC[C@H](C(=O)NC1CCCCC1)N(Cc1ccccc1)C(=O)CN(c1ccc(C)cc1C)S(=O)(=O)c1ccccc1. The molecule has 1 aliphatic rings. The lowest BCUT2D eigenvalue weighted by Gasteiger charge is -2.34. The van der Waals surface area contributed by atoms with E-state index < -0.39 is 28.5 Å². The molecule has 0 radical (unpaired) electrons. The van der Waals surface area contributed by atoms with E-state index in [4.69, 9.17) is 0 Å². The number of sulfonamides is 1. The zero-order valence-corrected chi connectivity index (χ0v) is 25.1. The van der Waals surface area contributed by atoms with Gasteiger partial charge in [0.25, 0.3) is 10.0 Å². The highest BCUT2D eigenvalue weighted by molar-refractivity contribution is 7.92. The molecule has 3 aromatic carbocycles. The average molecular weight is 576 g/mol. The summed E-state index contributed by atoms with van der Waals surface area (Å²) in [5.41, 5.74) is 3.04. The number of nitrogens with zero attached hydrogens (tertiary/aromatic N) is 2. The Morgan fingerprint density at radius 1 is 0.902 bits per heavy atom. The maximum atomic E-state index is 14.2. The zero-order chi connectivity index (χ0) is 29.4. The van der Waals surface area contributed by atoms with E-state index in [2.05, 4.69) is 5.32 Å². The molecule has 7 nitrogen and oxygen atoms in total. The van der Waals surface area contributed by atoms with Gasteiger partial charge in [0, 0.05) is 12.6 Å². The number of aryl methyl sites for hydroxylation is 2. The van der Waals surface area contributed by atoms with E-state index in [-0.39, 0.29) is 23.4 Å². The van der Waals surface area contributed by atoms with Crippen LogP contribution in [0.3, 0.4) is 0 Å². The first kappa shape index (κ1) is 30.3. The van der Waals surface area contributed by atoms with Crippen LogP contribution in [0.5, 0.6) is 0 Å². The van der Waals surface area contributed by atoms with Crippen molar-refractivity contribution in [1.82, 2.24) is 10.2 Å². The number of carbonyl (C=O) groups is 2. The first-order valence-corrected chi connectivity index (χ1v) is 15.9. The molecule has 218 valence electrons. The van der Waals surface area contributed by atoms with Crippen LogP contribution in [0.25, 0.3) is 0 Å². The number of rotatable bonds is 11. The van der Waals surface area contributed by atoms with Gasteiger partial charge in [0.1, 0.15) is 12.6 Å². The minimum absolute atomic E-state index is 0.101. The van der Waals surface area contributed by atoms with Crippen molar-refractivity contribution in [1.29, 1.82) is 0 Å². The second-order valence-electron chi connectivity index (χ2n) is 10.9. The largest absolute Gasteiger partial charge is 0.352 e. The molecular formula is C33H41N3O4S. The Bertz CT molecular complexity index is 1420. The number of anilines is 1. The lowest BCUT2D eigenvalue weighted by molar-refractivity contribution is -0.140. The summed E-state index contributed by atoms with van der Waals surface area (Å²) in [6, 6.07) is 22.5. The molecule has 1 fully saturated rings. The van der Waals surface area contributed by atoms with Gasteiger partial charge in [0.2, 0.25) is 11.8 Å². The van der Waals surface area contributed by atoms with Gasteiger partial charge in [-0.2, -0.15) is 0 Å². The Kier molecular flexibility index (Phi) is 10.2. The van der Waals surface area contributed by atoms with Crippen LogP contribution in [0.1, 0.15) is 62.1 Å². The summed E-state index contributed by atoms with van der Waals surface area (Å²) >= 11 is 0. The van der Waals surface area contributed by atoms with Crippen LogP contribution >= 0.6 is 0 Å². The fourth-order valence-corrected chi connectivity index (χ4v) is 7.06. The highest BCUT2D eigenvalue weighted by Gasteiger charge is 2.34. The van der Waals surface area contributed by atoms with Crippen LogP contribution in [-0.2, 0) is 26.2 Å². The first-order valence-electron chi connectivity index (χ1n) is 14.5. The van der Waals surface area contributed by atoms with Crippen molar-refractivity contribution in [3.05, 3.63) is 95.6 Å². The number of carbonyl (C=O) groups excluding carboxylic acids is 2. The number of benzene rings is 3. The number of hydrogen-bond donors (Lipinski definition) is 1. The van der Waals surface area contributed by atoms with Crippen LogP contribution < -0.4 is 9.62 Å². The van der Waals surface area contributed by atoms with Crippen LogP contribution in [-0.4, -0.2) is 43.8 Å². The van der Waals surface area contributed by atoms with Crippen LogP contribution in [0.2, 0.25) is 0 Å². The fourth-order valence-electron chi connectivity index (χ4n) is 5.56. The molecule has 4 rings (SSSR count). The summed E-state index contributed by atoms with van der Waals surface area (Å²) in [6.07, 6.45) is 5.61. The van der Waals surface area contributed by atoms with Crippen molar-refractivity contribution in [3.8, 4) is 0 Å². The topological polar surface area (TPSA) is 86.8 Å². The smallest absolute Gasteiger partial charge is 0.264 e. The highest BCUT2D eigenvalue weighted by atomic mass is 32.2. The van der Waals surface area contributed by atoms with Gasteiger partial charge >= 0.3 is 0 Å². The molecule has 8 heteroatoms. The van der Waals surface area contributed by atoms with Crippen LogP contribution in [0.4, 0.5) is 5.69 Å². The van der Waals surface area contributed by atoms with E-state index in [1.165, 1.54) is 22.9 Å². The van der Waals surface area contributed by atoms with Crippen molar-refractivity contribution >= 4 is 27.5 Å². The van der Waals surface area contributed by atoms with Gasteiger partial charge in [-0.1, -0.05) is 92.4 Å². The summed E-state index contributed by atoms with van der Waals surface area (Å²) in [6.45, 7) is 5.44. The molecule has 1 aliphatic carbocycles. The molecular weight excluding hydrogens is 534 g/mol. The van der Waals surface area contributed by atoms with Gasteiger partial charge in [0.05, 0.1) is 10.6 Å². The maximum Gasteiger partial charge on any atom is 0.264 e. The Labute approximate surface area is 244 Å². The summed E-state index contributed by atoms with van der Waals surface area (Å²) in [7, 11) is -4.08. The molecule has 1 N–H and O–H groups in total. The lowest BCUT2D eigenvalue weighted by atomic mass is 9.95. The molecule has 1 saturated carbocycles. The molecule has 1 atom stereocenters. The standard InChI is InChI=1S/C33H41N3O4S/c1-4-30(33(38)34-28-16-10-6-11-17-28)35(23-27-14-8-5-9-15-27)32(37)24-36(31-21-20-25(2)22-26(31)3)41(39,40)29-18-12-7-13-19-29/h5,7-9,12-15,18-22,28,30H,4,6,10-11,16-17,23-24H2,1-3H3,(H,34,38)/t30-/m1/s1. The second-order valence-corrected chi connectivity index (χ2v) is 12.8. The summed E-state index contributed by atoms with van der Waals surface area (Å²) in [5.74, 6) is -0.619. The molecule has 0 saturated heterocycles. The van der Waals surface area contributed by atoms with E-state index in [1.807, 2.05) is 63.2 Å². The minimum Gasteiger partial charge on any atom is -0.352 e. The Balaban J connectivity index is 1.71. The Morgan fingerprint density at radius 2 is 1.54 bits per heavy atom. The van der Waals surface area contributed by atoms with Crippen molar-refractivity contribution in [2.75, 3.05) is 10.8 Å². The quantitative estimate of drug-likeness (QED) is 0.315. The van der Waals surface area contributed by atoms with Gasteiger partial charge < -0.3 is 10.2 Å². The van der Waals surface area contributed by atoms with Crippen LogP contribution in [0.15, 0.2) is 83.8 Å². The van der Waals surface area contributed by atoms with Gasteiger partial charge in [-0.15, -0.1) is 0 Å². The van der Waals surface area contributed by atoms with Gasteiger partial charge in [-0.25, -0.2) is 8.42 Å². The summed E-state index contributed by atoms with van der Waals surface area (Å²) in [4.78, 5) is 29.5. The maximum absolute atomic E-state index is 14.2. The molecule has 0 bridgehead atoms. The number of hydrogen-bond acceptors (Lipinski definition) is 4. The Hall–Kier alpha value is -3.65. The summed E-state index contributed by atoms with van der Waals surface area (Å²) in [5, 5.41) is 3.18. The highest BCUT2D eigenvalue weighted by Crippen LogP contribution is 2.28. The molecule has 41 heavy (non-hydrogen) atoms. The van der Waals surface area contributed by atoms with Crippen molar-refractivity contribution in [2.24, 2.45) is 0 Å². The monoisotopic (exact) mass is 575 g/mol. The summed E-state index contributed by atoms with van der Waals surface area (Å²) < 4.78 is 29.2. The van der Waals surface area contributed by atoms with Crippen LogP contribution in [0, 0.1) is 13.8 Å². The molecule has 0 aromatic heterocycles.